The van der Waals surface area contributed by atoms with Crippen molar-refractivity contribution in [1.29, 1.82) is 0 Å². The Kier molecular flexibility index (Phi) is 6.98. The topological polar surface area (TPSA) is 103 Å². The van der Waals surface area contributed by atoms with Gasteiger partial charge in [-0.15, -0.1) is 0 Å². The zero-order valence-corrected chi connectivity index (χ0v) is 18.8. The van der Waals surface area contributed by atoms with Crippen molar-refractivity contribution in [3.05, 3.63) is 29.0 Å². The fraction of sp³-hybridized carbons (Fsp3) is 0.571. The molecular formula is C21H29ClN6OS. The molecule has 3 aliphatic rings. The van der Waals surface area contributed by atoms with Crippen molar-refractivity contribution in [2.45, 2.75) is 49.9 Å². The molecule has 0 radical (unpaired) electrons. The Morgan fingerprint density at radius 1 is 1.17 bits per heavy atom. The van der Waals surface area contributed by atoms with Gasteiger partial charge in [0.2, 0.25) is 0 Å². The Balaban J connectivity index is 0.000000489. The first-order chi connectivity index (χ1) is 14.5. The van der Waals surface area contributed by atoms with Crippen LogP contribution in [0.2, 0.25) is 5.15 Å². The maximum absolute atomic E-state index is 6.10. The second-order valence-corrected chi connectivity index (χ2v) is 9.73. The largest absolute Gasteiger partial charge is 0.384 e. The molecule has 4 N–H and O–H groups in total. The minimum Gasteiger partial charge on any atom is -0.384 e. The Morgan fingerprint density at radius 2 is 1.97 bits per heavy atom. The molecule has 2 aromatic rings. The van der Waals surface area contributed by atoms with E-state index in [-0.39, 0.29) is 6.04 Å². The first-order valence-electron chi connectivity index (χ1n) is 10.5. The van der Waals surface area contributed by atoms with Gasteiger partial charge in [-0.1, -0.05) is 11.6 Å². The predicted molar refractivity (Wildman–Crippen MR) is 124 cm³/mol. The van der Waals surface area contributed by atoms with Crippen LogP contribution in [0.3, 0.4) is 0 Å². The molecule has 7 nitrogen and oxygen atoms in total. The Hall–Kier alpha value is -1.61. The van der Waals surface area contributed by atoms with Crippen LogP contribution in [0, 0.1) is 0 Å². The zero-order chi connectivity index (χ0) is 21.1. The molecule has 2 aromatic heterocycles. The van der Waals surface area contributed by atoms with Gasteiger partial charge in [0.1, 0.15) is 16.8 Å². The average Bonchev–Trinajstić information content (AvgIpc) is 3.31. The molecule has 0 spiro atoms. The van der Waals surface area contributed by atoms with E-state index in [1.807, 2.05) is 11.8 Å². The van der Waals surface area contributed by atoms with E-state index in [1.165, 1.54) is 25.0 Å². The lowest BCUT2D eigenvalue weighted by molar-refractivity contribution is 0.0985. The predicted octanol–water partition coefficient (Wildman–Crippen LogP) is 3.67. The molecule has 0 amide bonds. The van der Waals surface area contributed by atoms with Crippen LogP contribution >= 0.6 is 23.4 Å². The summed E-state index contributed by atoms with van der Waals surface area (Å²) < 4.78 is 5.58. The van der Waals surface area contributed by atoms with Gasteiger partial charge in [-0.2, -0.15) is 11.8 Å². The first kappa shape index (κ1) is 21.6. The molecule has 0 aromatic carbocycles. The number of hydrogen-bond donors (Lipinski definition) is 2. The number of halogens is 1. The van der Waals surface area contributed by atoms with Gasteiger partial charge in [0.15, 0.2) is 5.82 Å². The van der Waals surface area contributed by atoms with Crippen LogP contribution in [-0.4, -0.2) is 52.5 Å². The minimum atomic E-state index is 0.279. The Morgan fingerprint density at radius 3 is 2.60 bits per heavy atom. The third-order valence-corrected chi connectivity index (χ3v) is 6.95. The number of nitrogens with zero attached hydrogens (tertiary/aromatic N) is 4. The molecule has 1 saturated carbocycles. The van der Waals surface area contributed by atoms with Crippen molar-refractivity contribution in [3.63, 3.8) is 0 Å². The number of nitrogen functional groups attached to an aromatic ring is 1. The number of rotatable bonds is 3. The highest BCUT2D eigenvalue weighted by atomic mass is 35.5. The van der Waals surface area contributed by atoms with Crippen molar-refractivity contribution >= 4 is 35.0 Å². The first-order valence-corrected chi connectivity index (χ1v) is 12.0. The summed E-state index contributed by atoms with van der Waals surface area (Å²) in [5.74, 6) is 3.15. The number of thioether (sulfide) groups is 1. The highest BCUT2D eigenvalue weighted by Crippen LogP contribution is 2.40. The van der Waals surface area contributed by atoms with Gasteiger partial charge in [-0.05, 0) is 50.5 Å². The summed E-state index contributed by atoms with van der Waals surface area (Å²) in [5, 5.41) is 0.770. The molecule has 4 heterocycles. The lowest BCUT2D eigenvalue weighted by Crippen LogP contribution is -2.44. The average molecular weight is 449 g/mol. The SMILES string of the molecule is CC1COCCN1c1cc(C2CCCS2)nc(-c2cc(N)nc(Cl)c2)n1.NC1CC1. The summed E-state index contributed by atoms with van der Waals surface area (Å²) in [4.78, 5) is 16.0. The van der Waals surface area contributed by atoms with Crippen LogP contribution in [-0.2, 0) is 4.74 Å². The summed E-state index contributed by atoms with van der Waals surface area (Å²) in [7, 11) is 0. The summed E-state index contributed by atoms with van der Waals surface area (Å²) in [5.41, 5.74) is 13.0. The van der Waals surface area contributed by atoms with E-state index in [2.05, 4.69) is 22.9 Å². The number of anilines is 2. The lowest BCUT2D eigenvalue weighted by atomic mass is 10.1. The third-order valence-electron chi connectivity index (χ3n) is 5.35. The van der Waals surface area contributed by atoms with Crippen molar-refractivity contribution < 1.29 is 4.74 Å². The van der Waals surface area contributed by atoms with E-state index >= 15 is 0 Å². The van der Waals surface area contributed by atoms with Crippen LogP contribution in [0.4, 0.5) is 11.6 Å². The summed E-state index contributed by atoms with van der Waals surface area (Å²) in [6.07, 6.45) is 4.91. The summed E-state index contributed by atoms with van der Waals surface area (Å²) >= 11 is 8.07. The van der Waals surface area contributed by atoms with Crippen molar-refractivity contribution in [1.82, 2.24) is 15.0 Å². The fourth-order valence-electron chi connectivity index (χ4n) is 3.51. The van der Waals surface area contributed by atoms with E-state index in [4.69, 9.17) is 37.8 Å². The smallest absolute Gasteiger partial charge is 0.162 e. The van der Waals surface area contributed by atoms with Gasteiger partial charge >= 0.3 is 0 Å². The lowest BCUT2D eigenvalue weighted by Gasteiger charge is -2.34. The molecule has 0 bridgehead atoms. The number of aromatic nitrogens is 3. The molecule has 2 aliphatic heterocycles. The van der Waals surface area contributed by atoms with E-state index in [0.29, 0.717) is 41.3 Å². The number of nitrogens with two attached hydrogens (primary N) is 2. The maximum atomic E-state index is 6.10. The van der Waals surface area contributed by atoms with Crippen molar-refractivity contribution in [3.8, 4) is 11.4 Å². The van der Waals surface area contributed by atoms with Crippen LogP contribution in [0.1, 0.15) is 43.6 Å². The molecule has 3 fully saturated rings. The van der Waals surface area contributed by atoms with Gasteiger partial charge < -0.3 is 21.1 Å². The van der Waals surface area contributed by atoms with Crippen LogP contribution in [0.25, 0.3) is 11.4 Å². The number of morpholine rings is 1. The molecule has 9 heteroatoms. The number of hydrogen-bond acceptors (Lipinski definition) is 8. The van der Waals surface area contributed by atoms with E-state index < -0.39 is 0 Å². The van der Waals surface area contributed by atoms with Gasteiger partial charge in [0, 0.05) is 29.5 Å². The van der Waals surface area contributed by atoms with Gasteiger partial charge in [-0.3, -0.25) is 0 Å². The minimum absolute atomic E-state index is 0.279. The second kappa shape index (κ2) is 9.68. The summed E-state index contributed by atoms with van der Waals surface area (Å²) in [6.45, 7) is 4.41. The fourth-order valence-corrected chi connectivity index (χ4v) is 4.97. The van der Waals surface area contributed by atoms with Crippen molar-refractivity contribution in [2.75, 3.05) is 36.1 Å². The zero-order valence-electron chi connectivity index (χ0n) is 17.3. The van der Waals surface area contributed by atoms with Crippen LogP contribution in [0.15, 0.2) is 18.2 Å². The quantitative estimate of drug-likeness (QED) is 0.685. The van der Waals surface area contributed by atoms with Gasteiger partial charge in [0.05, 0.1) is 24.9 Å². The molecule has 2 unspecified atom stereocenters. The molecule has 162 valence electrons. The third kappa shape index (κ3) is 5.55. The molecular weight excluding hydrogens is 420 g/mol. The van der Waals surface area contributed by atoms with Gasteiger partial charge in [0.25, 0.3) is 0 Å². The highest BCUT2D eigenvalue weighted by Gasteiger charge is 2.25. The molecule has 5 rings (SSSR count). The monoisotopic (exact) mass is 448 g/mol. The summed E-state index contributed by atoms with van der Waals surface area (Å²) in [6, 6.07) is 6.55. The normalized spacial score (nSPS) is 23.8. The number of pyridine rings is 1. The molecule has 1 aliphatic carbocycles. The standard InChI is InChI=1S/C18H22ClN5OS.C3H7N/c1-11-10-25-5-4-24(11)17-9-13(14-3-2-6-26-14)21-18(23-17)12-7-15(19)22-16(20)8-12;4-3-1-2-3/h7-9,11,14H,2-6,10H2,1H3,(H2,20,22);3H,1-2,4H2. The maximum Gasteiger partial charge on any atom is 0.162 e. The van der Waals surface area contributed by atoms with Crippen LogP contribution < -0.4 is 16.4 Å². The van der Waals surface area contributed by atoms with E-state index in [0.717, 1.165) is 30.0 Å². The van der Waals surface area contributed by atoms with Gasteiger partial charge in [-0.25, -0.2) is 15.0 Å². The Labute approximate surface area is 186 Å². The number of ether oxygens (including phenoxy) is 1. The molecule has 2 saturated heterocycles. The van der Waals surface area contributed by atoms with E-state index in [9.17, 15) is 0 Å². The van der Waals surface area contributed by atoms with Crippen molar-refractivity contribution in [2.24, 2.45) is 5.73 Å². The molecule has 30 heavy (non-hydrogen) atoms. The van der Waals surface area contributed by atoms with E-state index in [1.54, 1.807) is 12.1 Å². The molecule has 2 atom stereocenters. The highest BCUT2D eigenvalue weighted by molar-refractivity contribution is 7.99. The Bertz CT molecular complexity index is 854. The van der Waals surface area contributed by atoms with Crippen LogP contribution in [0.5, 0.6) is 0 Å². The second-order valence-electron chi connectivity index (χ2n) is 8.03.